The predicted octanol–water partition coefficient (Wildman–Crippen LogP) is 2.07. The normalized spacial score (nSPS) is 16.6. The number of piperazine rings is 1. The molecule has 45 heavy (non-hydrogen) atoms. The highest BCUT2D eigenvalue weighted by atomic mass is 19.1. The van der Waals surface area contributed by atoms with Crippen molar-refractivity contribution < 1.29 is 52.5 Å². The van der Waals surface area contributed by atoms with Gasteiger partial charge in [-0.25, -0.2) is 18.7 Å². The Bertz CT molecular complexity index is 1400. The molecular weight excluding hydrogens is 597 g/mol. The van der Waals surface area contributed by atoms with Gasteiger partial charge < -0.3 is 34.4 Å². The van der Waals surface area contributed by atoms with E-state index in [1.165, 1.54) is 45.0 Å². The molecule has 2 amide bonds. The second-order valence-corrected chi connectivity index (χ2v) is 10.4. The lowest BCUT2D eigenvalue weighted by atomic mass is 9.80. The third kappa shape index (κ3) is 8.26. The average molecular weight is 634 g/mol. The van der Waals surface area contributed by atoms with Crippen LogP contribution < -0.4 is 10.1 Å². The Morgan fingerprint density at radius 3 is 2.36 bits per heavy atom. The summed E-state index contributed by atoms with van der Waals surface area (Å²) in [5.74, 6) is -3.67. The largest absolute Gasteiger partial charge is 0.527 e. The van der Waals surface area contributed by atoms with E-state index in [-0.39, 0.29) is 63.1 Å². The van der Waals surface area contributed by atoms with Gasteiger partial charge in [0, 0.05) is 25.6 Å². The van der Waals surface area contributed by atoms with Crippen molar-refractivity contribution in [3.8, 4) is 11.6 Å². The first kappa shape index (κ1) is 33.2. The Hall–Kier alpha value is -4.73. The van der Waals surface area contributed by atoms with Crippen LogP contribution in [0.3, 0.4) is 0 Å². The molecule has 0 spiro atoms. The third-order valence-electron chi connectivity index (χ3n) is 7.34. The molecule has 1 saturated carbocycles. The monoisotopic (exact) mass is 633 g/mol. The van der Waals surface area contributed by atoms with Crippen molar-refractivity contribution >= 4 is 29.9 Å². The molecule has 244 valence electrons. The highest BCUT2D eigenvalue weighted by Crippen LogP contribution is 2.38. The van der Waals surface area contributed by atoms with E-state index in [4.69, 9.17) is 19.0 Å². The SMILES string of the molecule is CCOC(=O)ON1CCN(C(=O)[C@H](CCC(=O)O)NC(=O)c2cc(OC3(C(=O)OCC)CCC3)n(-c3cccc(F)c3)n2)CC1. The number of aliphatic carboxylic acids is 1. The van der Waals surface area contributed by atoms with Crippen LogP contribution in [0, 0.1) is 5.82 Å². The molecule has 2 fully saturated rings. The van der Waals surface area contributed by atoms with Crippen molar-refractivity contribution in [2.75, 3.05) is 39.4 Å². The van der Waals surface area contributed by atoms with Gasteiger partial charge >= 0.3 is 18.1 Å². The van der Waals surface area contributed by atoms with Gasteiger partial charge in [-0.15, -0.1) is 5.06 Å². The lowest BCUT2D eigenvalue weighted by molar-refractivity contribution is -0.170. The number of carbonyl (C=O) groups is 5. The van der Waals surface area contributed by atoms with Gasteiger partial charge in [-0.05, 0) is 57.7 Å². The van der Waals surface area contributed by atoms with Crippen LogP contribution in [0.5, 0.6) is 5.88 Å². The molecule has 0 radical (unpaired) electrons. The van der Waals surface area contributed by atoms with Crippen LogP contribution in [0.2, 0.25) is 0 Å². The number of esters is 1. The van der Waals surface area contributed by atoms with Gasteiger partial charge in [-0.3, -0.25) is 14.4 Å². The molecular formula is C29H36FN5O10. The number of carboxylic acids is 1. The maximum Gasteiger partial charge on any atom is 0.527 e. The van der Waals surface area contributed by atoms with E-state index < -0.39 is 53.8 Å². The Morgan fingerprint density at radius 1 is 1.04 bits per heavy atom. The molecule has 1 saturated heterocycles. The zero-order valence-corrected chi connectivity index (χ0v) is 25.0. The molecule has 1 aromatic carbocycles. The van der Waals surface area contributed by atoms with Crippen LogP contribution in [0.1, 0.15) is 56.4 Å². The predicted molar refractivity (Wildman–Crippen MR) is 152 cm³/mol. The summed E-state index contributed by atoms with van der Waals surface area (Å²) >= 11 is 0. The standard InChI is InChI=1S/C29H36FN5O10/c1-3-42-27(40)29(11-6-12-29)44-23-18-22(32-35(23)20-8-5-7-19(30)17-20)25(38)31-21(9-10-24(36)37)26(39)33-13-15-34(16-14-33)45-28(41)43-4-2/h5,7-8,17-18,21H,3-4,6,9-16H2,1-2H3,(H,31,38)(H,36,37)/t21-/m0/s1. The zero-order chi connectivity index (χ0) is 32.6. The smallest absolute Gasteiger partial charge is 0.481 e. The van der Waals surface area contributed by atoms with E-state index in [1.807, 2.05) is 0 Å². The molecule has 1 aliphatic carbocycles. The minimum atomic E-state index is -1.30. The zero-order valence-electron chi connectivity index (χ0n) is 25.0. The molecule has 0 unspecified atom stereocenters. The van der Waals surface area contributed by atoms with Crippen molar-refractivity contribution in [2.45, 2.75) is 57.6 Å². The molecule has 1 atom stereocenters. The molecule has 2 heterocycles. The number of hydrogen-bond donors (Lipinski definition) is 2. The fraction of sp³-hybridized carbons (Fsp3) is 0.517. The van der Waals surface area contributed by atoms with Crippen molar-refractivity contribution in [1.82, 2.24) is 25.1 Å². The number of hydroxylamine groups is 2. The lowest BCUT2D eigenvalue weighted by Gasteiger charge is -2.38. The summed E-state index contributed by atoms with van der Waals surface area (Å²) < 4.78 is 31.4. The average Bonchev–Trinajstić information content (AvgIpc) is 3.41. The molecule has 2 aromatic rings. The molecule has 15 nitrogen and oxygen atoms in total. The first-order valence-electron chi connectivity index (χ1n) is 14.7. The molecule has 2 N–H and O–H groups in total. The molecule has 16 heteroatoms. The fourth-order valence-electron chi connectivity index (χ4n) is 4.88. The summed E-state index contributed by atoms with van der Waals surface area (Å²) in [7, 11) is 0. The summed E-state index contributed by atoms with van der Waals surface area (Å²) in [5, 5.41) is 17.5. The van der Waals surface area contributed by atoms with Gasteiger partial charge in [0.15, 0.2) is 5.69 Å². The van der Waals surface area contributed by atoms with Crippen molar-refractivity contribution in [3.63, 3.8) is 0 Å². The minimum absolute atomic E-state index is 0.0235. The van der Waals surface area contributed by atoms with Gasteiger partial charge in [0.25, 0.3) is 5.91 Å². The number of rotatable bonds is 13. The summed E-state index contributed by atoms with van der Waals surface area (Å²) in [4.78, 5) is 69.1. The Kier molecular flexibility index (Phi) is 10.9. The number of aromatic nitrogens is 2. The fourth-order valence-corrected chi connectivity index (χ4v) is 4.88. The summed E-state index contributed by atoms with van der Waals surface area (Å²) in [6, 6.07) is 5.42. The summed E-state index contributed by atoms with van der Waals surface area (Å²) in [5.41, 5.74) is -1.30. The van der Waals surface area contributed by atoms with E-state index in [0.717, 1.165) is 0 Å². The Labute approximate surface area is 258 Å². The van der Waals surface area contributed by atoms with Crippen LogP contribution in [0.4, 0.5) is 9.18 Å². The van der Waals surface area contributed by atoms with Gasteiger partial charge in [0.05, 0.1) is 32.0 Å². The van der Waals surface area contributed by atoms with Gasteiger partial charge in [0.1, 0.15) is 11.9 Å². The van der Waals surface area contributed by atoms with Crippen LogP contribution >= 0.6 is 0 Å². The first-order valence-corrected chi connectivity index (χ1v) is 14.7. The lowest BCUT2D eigenvalue weighted by Crippen LogP contribution is -2.55. The number of amides is 2. The van der Waals surface area contributed by atoms with Crippen molar-refractivity contribution in [3.05, 3.63) is 41.8 Å². The Morgan fingerprint density at radius 2 is 1.76 bits per heavy atom. The maximum absolute atomic E-state index is 14.1. The number of benzene rings is 1. The van der Waals surface area contributed by atoms with Gasteiger partial charge in [-0.2, -0.15) is 5.10 Å². The van der Waals surface area contributed by atoms with E-state index >= 15 is 0 Å². The highest BCUT2D eigenvalue weighted by molar-refractivity contribution is 5.96. The number of halogens is 1. The number of hydrogen-bond acceptors (Lipinski definition) is 11. The maximum atomic E-state index is 14.1. The van der Waals surface area contributed by atoms with E-state index in [1.54, 1.807) is 13.8 Å². The second-order valence-electron chi connectivity index (χ2n) is 10.4. The van der Waals surface area contributed by atoms with E-state index in [0.29, 0.717) is 19.3 Å². The molecule has 2 aliphatic rings. The van der Waals surface area contributed by atoms with E-state index in [2.05, 4.69) is 10.4 Å². The van der Waals surface area contributed by atoms with E-state index in [9.17, 15) is 33.5 Å². The highest BCUT2D eigenvalue weighted by Gasteiger charge is 2.49. The van der Waals surface area contributed by atoms with Crippen molar-refractivity contribution in [2.24, 2.45) is 0 Å². The molecule has 4 rings (SSSR count). The number of ether oxygens (including phenoxy) is 3. The molecule has 1 aromatic heterocycles. The quantitative estimate of drug-likeness (QED) is 0.307. The second kappa shape index (κ2) is 14.8. The van der Waals surface area contributed by atoms with Crippen LogP contribution in [0.15, 0.2) is 30.3 Å². The number of carboxylic acid groups (broad SMARTS) is 1. The summed E-state index contributed by atoms with van der Waals surface area (Å²) in [6.45, 7) is 4.21. The molecule has 1 aliphatic heterocycles. The Balaban J connectivity index is 1.54. The van der Waals surface area contributed by atoms with Gasteiger partial charge in [0.2, 0.25) is 17.4 Å². The number of carbonyl (C=O) groups excluding carboxylic acids is 4. The third-order valence-corrected chi connectivity index (χ3v) is 7.34. The molecule has 0 bridgehead atoms. The van der Waals surface area contributed by atoms with Gasteiger partial charge in [-0.1, -0.05) is 6.07 Å². The topological polar surface area (TPSA) is 179 Å². The summed E-state index contributed by atoms with van der Waals surface area (Å²) in [6.07, 6.45) is -0.0419. The number of nitrogens with one attached hydrogen (secondary N) is 1. The first-order chi connectivity index (χ1) is 21.5. The van der Waals surface area contributed by atoms with Crippen molar-refractivity contribution in [1.29, 1.82) is 0 Å². The number of nitrogens with zero attached hydrogens (tertiary/aromatic N) is 4. The van der Waals surface area contributed by atoms with Crippen LogP contribution in [-0.4, -0.2) is 106 Å². The van der Waals surface area contributed by atoms with Crippen LogP contribution in [0.25, 0.3) is 5.69 Å². The minimum Gasteiger partial charge on any atom is -0.481 e. The van der Waals surface area contributed by atoms with Crippen LogP contribution in [-0.2, 0) is 28.7 Å².